The van der Waals surface area contributed by atoms with Crippen molar-refractivity contribution >= 4 is 24.0 Å². The summed E-state index contributed by atoms with van der Waals surface area (Å²) in [5.41, 5.74) is 1.82. The molecule has 0 aliphatic carbocycles. The maximum absolute atomic E-state index is 12.1. The van der Waals surface area contributed by atoms with E-state index in [2.05, 4.69) is 15.5 Å². The van der Waals surface area contributed by atoms with Crippen LogP contribution in [0.25, 0.3) is 0 Å². The van der Waals surface area contributed by atoms with Crippen molar-refractivity contribution in [3.8, 4) is 5.75 Å². The molecule has 1 fully saturated rings. The molecule has 1 aliphatic heterocycles. The maximum Gasteiger partial charge on any atom is 0.238 e. The number of benzene rings is 1. The average Bonchev–Trinajstić information content (AvgIpc) is 2.92. The Morgan fingerprint density at radius 2 is 2.29 bits per heavy atom. The van der Waals surface area contributed by atoms with Crippen molar-refractivity contribution in [1.82, 2.24) is 10.2 Å². The predicted molar refractivity (Wildman–Crippen MR) is 87.5 cm³/mol. The molecule has 1 atom stereocenters. The van der Waals surface area contributed by atoms with Crippen LogP contribution in [-0.4, -0.2) is 50.6 Å². The molecule has 2 N–H and O–H groups in total. The second kappa shape index (κ2) is 8.22. The molecule has 0 spiro atoms. The lowest BCUT2D eigenvalue weighted by Gasteiger charge is -2.22. The molecular weight excluding hydrogens is 290 g/mol. The first-order valence-electron chi connectivity index (χ1n) is 6.95. The summed E-state index contributed by atoms with van der Waals surface area (Å²) in [7, 11) is 3.60. The summed E-state index contributed by atoms with van der Waals surface area (Å²) < 4.78 is 5.27. The van der Waals surface area contributed by atoms with Gasteiger partial charge >= 0.3 is 0 Å². The first kappa shape index (κ1) is 17.8. The molecule has 0 aromatic heterocycles. The Balaban J connectivity index is 0.00000220. The maximum atomic E-state index is 12.1. The first-order chi connectivity index (χ1) is 9.60. The van der Waals surface area contributed by atoms with Crippen molar-refractivity contribution in [2.24, 2.45) is 0 Å². The molecule has 0 bridgehead atoms. The number of carbonyl (C=O) groups is 1. The Hall–Kier alpha value is -1.30. The van der Waals surface area contributed by atoms with Crippen LogP contribution in [0.5, 0.6) is 5.75 Å². The van der Waals surface area contributed by atoms with Crippen molar-refractivity contribution < 1.29 is 9.53 Å². The Labute approximate surface area is 132 Å². The number of anilines is 1. The summed E-state index contributed by atoms with van der Waals surface area (Å²) in [4.78, 5) is 14.2. The first-order valence-corrected chi connectivity index (χ1v) is 6.95. The summed E-state index contributed by atoms with van der Waals surface area (Å²) in [6.45, 7) is 4.37. The van der Waals surface area contributed by atoms with E-state index in [9.17, 15) is 4.79 Å². The van der Waals surface area contributed by atoms with E-state index in [4.69, 9.17) is 4.74 Å². The van der Waals surface area contributed by atoms with E-state index in [0.29, 0.717) is 18.3 Å². The zero-order valence-electron chi connectivity index (χ0n) is 12.8. The third kappa shape index (κ3) is 4.88. The molecule has 0 saturated carbocycles. The van der Waals surface area contributed by atoms with Gasteiger partial charge in [0.2, 0.25) is 5.91 Å². The van der Waals surface area contributed by atoms with Gasteiger partial charge in [0.25, 0.3) is 0 Å². The highest BCUT2D eigenvalue weighted by Crippen LogP contribution is 2.25. The van der Waals surface area contributed by atoms with Gasteiger partial charge in [-0.3, -0.25) is 9.69 Å². The number of ether oxygens (including phenoxy) is 1. The lowest BCUT2D eigenvalue weighted by atomic mass is 10.2. The van der Waals surface area contributed by atoms with Crippen molar-refractivity contribution in [1.29, 1.82) is 0 Å². The van der Waals surface area contributed by atoms with Gasteiger partial charge in [0.1, 0.15) is 5.75 Å². The number of aryl methyl sites for hydroxylation is 1. The quantitative estimate of drug-likeness (QED) is 0.868. The van der Waals surface area contributed by atoms with E-state index in [1.165, 1.54) is 0 Å². The van der Waals surface area contributed by atoms with E-state index in [1.807, 2.05) is 32.2 Å². The van der Waals surface area contributed by atoms with Crippen molar-refractivity contribution in [3.05, 3.63) is 23.8 Å². The van der Waals surface area contributed by atoms with Gasteiger partial charge in [0.05, 0.1) is 19.3 Å². The van der Waals surface area contributed by atoms with E-state index >= 15 is 0 Å². The lowest BCUT2D eigenvalue weighted by Crippen LogP contribution is -2.39. The molecule has 0 radical (unpaired) electrons. The van der Waals surface area contributed by atoms with Crippen molar-refractivity contribution in [2.75, 3.05) is 39.1 Å². The Bertz CT molecular complexity index is 476. The van der Waals surface area contributed by atoms with Crippen LogP contribution in [0.3, 0.4) is 0 Å². The molecule has 21 heavy (non-hydrogen) atoms. The van der Waals surface area contributed by atoms with Gasteiger partial charge < -0.3 is 15.4 Å². The van der Waals surface area contributed by atoms with E-state index < -0.39 is 0 Å². The molecular formula is C15H24ClN3O2. The van der Waals surface area contributed by atoms with Gasteiger partial charge in [-0.25, -0.2) is 0 Å². The molecule has 1 aromatic carbocycles. The Morgan fingerprint density at radius 3 is 2.90 bits per heavy atom. The predicted octanol–water partition coefficient (Wildman–Crippen LogP) is 1.66. The minimum Gasteiger partial charge on any atom is -0.495 e. The van der Waals surface area contributed by atoms with Crippen LogP contribution in [0.15, 0.2) is 18.2 Å². The zero-order valence-corrected chi connectivity index (χ0v) is 13.6. The monoisotopic (exact) mass is 313 g/mol. The molecule has 1 unspecified atom stereocenters. The summed E-state index contributed by atoms with van der Waals surface area (Å²) in [5, 5.41) is 6.24. The van der Waals surface area contributed by atoms with Crippen LogP contribution in [0, 0.1) is 6.92 Å². The van der Waals surface area contributed by atoms with Gasteiger partial charge in [0, 0.05) is 12.6 Å². The van der Waals surface area contributed by atoms with Crippen LogP contribution in [0.4, 0.5) is 5.69 Å². The molecule has 6 heteroatoms. The summed E-state index contributed by atoms with van der Waals surface area (Å²) in [6, 6.07) is 6.20. The third-order valence-electron chi connectivity index (χ3n) is 3.68. The standard InChI is InChI=1S/C15H23N3O2.ClH/c1-11-4-5-14(20-3)13(8-11)17-15(19)10-18(2)12-6-7-16-9-12;/h4-5,8,12,16H,6-7,9-10H2,1-3H3,(H,17,19);1H. The average molecular weight is 314 g/mol. The zero-order chi connectivity index (χ0) is 14.5. The largest absolute Gasteiger partial charge is 0.495 e. The fraction of sp³-hybridized carbons (Fsp3) is 0.533. The van der Waals surface area contributed by atoms with Crippen LogP contribution in [-0.2, 0) is 4.79 Å². The molecule has 5 nitrogen and oxygen atoms in total. The number of nitrogens with zero attached hydrogens (tertiary/aromatic N) is 1. The van der Waals surface area contributed by atoms with E-state index in [1.54, 1.807) is 7.11 Å². The van der Waals surface area contributed by atoms with Gasteiger partial charge in [-0.2, -0.15) is 0 Å². The van der Waals surface area contributed by atoms with Gasteiger partial charge in [-0.15, -0.1) is 12.4 Å². The van der Waals surface area contributed by atoms with E-state index in [0.717, 1.165) is 30.8 Å². The highest BCUT2D eigenvalue weighted by molar-refractivity contribution is 5.93. The number of likely N-dealkylation sites (N-methyl/N-ethyl adjacent to an activating group) is 1. The highest BCUT2D eigenvalue weighted by atomic mass is 35.5. The highest BCUT2D eigenvalue weighted by Gasteiger charge is 2.21. The number of halogens is 1. The number of hydrogen-bond acceptors (Lipinski definition) is 4. The van der Waals surface area contributed by atoms with Gasteiger partial charge in [-0.05, 0) is 44.6 Å². The second-order valence-corrected chi connectivity index (χ2v) is 5.31. The van der Waals surface area contributed by atoms with Crippen LogP contribution < -0.4 is 15.4 Å². The fourth-order valence-electron chi connectivity index (χ4n) is 2.48. The number of carbonyl (C=O) groups excluding carboxylic acids is 1. The SMILES string of the molecule is COc1ccc(C)cc1NC(=O)CN(C)C1CCNC1.Cl. The molecule has 1 saturated heterocycles. The number of hydrogen-bond donors (Lipinski definition) is 2. The van der Waals surface area contributed by atoms with E-state index in [-0.39, 0.29) is 18.3 Å². The number of methoxy groups -OCH3 is 1. The summed E-state index contributed by atoms with van der Waals surface area (Å²) >= 11 is 0. The van der Waals surface area contributed by atoms with Gasteiger partial charge in [0.15, 0.2) is 0 Å². The fourth-order valence-corrected chi connectivity index (χ4v) is 2.48. The normalized spacial score (nSPS) is 17.4. The van der Waals surface area contributed by atoms with Gasteiger partial charge in [-0.1, -0.05) is 6.07 Å². The number of nitrogens with one attached hydrogen (secondary N) is 2. The number of amides is 1. The minimum atomic E-state index is -0.0108. The van der Waals surface area contributed by atoms with Crippen LogP contribution in [0.1, 0.15) is 12.0 Å². The number of rotatable bonds is 5. The Kier molecular flexibility index (Phi) is 6.95. The molecule has 1 amide bonds. The molecule has 2 rings (SSSR count). The topological polar surface area (TPSA) is 53.6 Å². The van der Waals surface area contributed by atoms with Crippen molar-refractivity contribution in [3.63, 3.8) is 0 Å². The molecule has 1 heterocycles. The molecule has 118 valence electrons. The van der Waals surface area contributed by atoms with Crippen molar-refractivity contribution in [2.45, 2.75) is 19.4 Å². The smallest absolute Gasteiger partial charge is 0.238 e. The minimum absolute atomic E-state index is 0. The molecule has 1 aromatic rings. The second-order valence-electron chi connectivity index (χ2n) is 5.31. The lowest BCUT2D eigenvalue weighted by molar-refractivity contribution is -0.117. The Morgan fingerprint density at radius 1 is 1.52 bits per heavy atom. The van der Waals surface area contributed by atoms with Crippen LogP contribution >= 0.6 is 12.4 Å². The summed E-state index contributed by atoms with van der Waals surface area (Å²) in [6.07, 6.45) is 1.09. The van der Waals surface area contributed by atoms with Crippen LogP contribution in [0.2, 0.25) is 0 Å². The summed E-state index contributed by atoms with van der Waals surface area (Å²) in [5.74, 6) is 0.678. The molecule has 1 aliphatic rings. The third-order valence-corrected chi connectivity index (χ3v) is 3.68.